The molecule has 2 saturated heterocycles. The van der Waals surface area contributed by atoms with Gasteiger partial charge in [-0.1, -0.05) is 30.3 Å². The number of nitrogens with zero attached hydrogens (tertiary/aromatic N) is 4. The molecule has 2 N–H and O–H groups in total. The fraction of sp³-hybridized carbons (Fsp3) is 0.500. The highest BCUT2D eigenvalue weighted by Crippen LogP contribution is 2.52. The maximum Gasteiger partial charge on any atom is 0.226 e. The highest BCUT2D eigenvalue weighted by atomic mass is 16.2. The molecule has 2 aromatic rings. The van der Waals surface area contributed by atoms with Gasteiger partial charge in [0.2, 0.25) is 5.91 Å². The van der Waals surface area contributed by atoms with Gasteiger partial charge in [0.05, 0.1) is 5.69 Å². The third-order valence-electron chi connectivity index (χ3n) is 7.11. The van der Waals surface area contributed by atoms with Crippen LogP contribution in [-0.4, -0.2) is 78.5 Å². The molecule has 3 heterocycles. The Balaban J connectivity index is 1.09. The lowest BCUT2D eigenvalue weighted by Gasteiger charge is -2.33. The van der Waals surface area contributed by atoms with Crippen molar-refractivity contribution in [2.75, 3.05) is 58.6 Å². The monoisotopic (exact) mass is 405 g/mol. The molecule has 0 bridgehead atoms. The maximum absolute atomic E-state index is 12.8. The van der Waals surface area contributed by atoms with Gasteiger partial charge < -0.3 is 20.4 Å². The van der Waals surface area contributed by atoms with Gasteiger partial charge in [0.1, 0.15) is 5.82 Å². The lowest BCUT2D eigenvalue weighted by atomic mass is 10.1. The molecule has 1 aromatic heterocycles. The van der Waals surface area contributed by atoms with E-state index in [-0.39, 0.29) is 0 Å². The molecule has 1 saturated carbocycles. The van der Waals surface area contributed by atoms with E-state index < -0.39 is 0 Å². The van der Waals surface area contributed by atoms with Gasteiger partial charge in [-0.2, -0.15) is 0 Å². The summed E-state index contributed by atoms with van der Waals surface area (Å²) in [5, 5.41) is 0. The van der Waals surface area contributed by atoms with Crippen molar-refractivity contribution in [3.8, 4) is 11.3 Å². The zero-order chi connectivity index (χ0) is 20.7. The minimum atomic E-state index is 0.301. The van der Waals surface area contributed by atoms with E-state index in [2.05, 4.69) is 51.0 Å². The highest BCUT2D eigenvalue weighted by molar-refractivity contribution is 5.83. The van der Waals surface area contributed by atoms with Crippen molar-refractivity contribution in [2.45, 2.75) is 6.42 Å². The topological polar surface area (TPSA) is 65.7 Å². The molecule has 158 valence electrons. The molecule has 0 radical (unpaired) electrons. The second-order valence-electron chi connectivity index (χ2n) is 9.14. The van der Waals surface area contributed by atoms with Crippen molar-refractivity contribution in [3.05, 3.63) is 48.0 Å². The molecule has 3 fully saturated rings. The Morgan fingerprint density at radius 3 is 2.40 bits per heavy atom. The van der Waals surface area contributed by atoms with Crippen LogP contribution in [0.5, 0.6) is 0 Å². The van der Waals surface area contributed by atoms with Crippen molar-refractivity contribution < 1.29 is 4.79 Å². The molecule has 2 aliphatic heterocycles. The number of pyridine rings is 1. The molecule has 1 aliphatic carbocycles. The number of likely N-dealkylation sites (N-methyl/N-ethyl adjacent to an activating group) is 1. The molecule has 6 nitrogen and oxygen atoms in total. The lowest BCUT2D eigenvalue weighted by Crippen LogP contribution is -2.48. The van der Waals surface area contributed by atoms with Crippen LogP contribution in [-0.2, 0) is 11.2 Å². The van der Waals surface area contributed by atoms with Gasteiger partial charge in [0, 0.05) is 57.3 Å². The van der Waals surface area contributed by atoms with Crippen molar-refractivity contribution in [3.63, 3.8) is 0 Å². The van der Waals surface area contributed by atoms with Gasteiger partial charge in [-0.3, -0.25) is 4.79 Å². The van der Waals surface area contributed by atoms with Crippen LogP contribution in [0.15, 0.2) is 42.5 Å². The number of benzene rings is 1. The number of nitrogens with two attached hydrogens (primary N) is 1. The fourth-order valence-electron chi connectivity index (χ4n) is 5.14. The summed E-state index contributed by atoms with van der Waals surface area (Å²) in [5.41, 5.74) is 9.14. The zero-order valence-electron chi connectivity index (χ0n) is 17.7. The number of anilines is 1. The number of hydrogen-bond acceptors (Lipinski definition) is 5. The molecule has 3 aliphatic rings. The number of amides is 1. The van der Waals surface area contributed by atoms with Crippen LogP contribution in [0.25, 0.3) is 11.3 Å². The first-order valence-electron chi connectivity index (χ1n) is 11.1. The van der Waals surface area contributed by atoms with Gasteiger partial charge in [-0.05, 0) is 43.0 Å². The van der Waals surface area contributed by atoms with E-state index in [4.69, 9.17) is 5.73 Å². The zero-order valence-corrected chi connectivity index (χ0v) is 17.7. The summed E-state index contributed by atoms with van der Waals surface area (Å²) in [4.78, 5) is 24.1. The predicted molar refractivity (Wildman–Crippen MR) is 119 cm³/mol. The Morgan fingerprint density at radius 2 is 1.73 bits per heavy atom. The first kappa shape index (κ1) is 19.5. The van der Waals surface area contributed by atoms with Crippen molar-refractivity contribution in [2.24, 2.45) is 17.8 Å². The Kier molecular flexibility index (Phi) is 5.21. The SMILES string of the molecule is CN1CCN(C(=O)C2C3CN(CCc4ccc(-c5cccc(N)n5)cc4)CC32)CC1. The predicted octanol–water partition coefficient (Wildman–Crippen LogP) is 1.83. The van der Waals surface area contributed by atoms with Crippen LogP contribution in [0.3, 0.4) is 0 Å². The van der Waals surface area contributed by atoms with Gasteiger partial charge in [-0.25, -0.2) is 4.98 Å². The van der Waals surface area contributed by atoms with Crippen molar-refractivity contribution in [1.29, 1.82) is 0 Å². The minimum Gasteiger partial charge on any atom is -0.384 e. The summed E-state index contributed by atoms with van der Waals surface area (Å²) in [6.07, 6.45) is 1.04. The summed E-state index contributed by atoms with van der Waals surface area (Å²) in [5.74, 6) is 2.45. The Morgan fingerprint density at radius 1 is 1.03 bits per heavy atom. The molecular weight excluding hydrogens is 374 g/mol. The molecule has 1 aromatic carbocycles. The first-order valence-corrected chi connectivity index (χ1v) is 11.1. The van der Waals surface area contributed by atoms with E-state index in [0.29, 0.717) is 29.5 Å². The van der Waals surface area contributed by atoms with Crippen LogP contribution in [0, 0.1) is 17.8 Å². The third kappa shape index (κ3) is 3.94. The number of piperazine rings is 1. The van der Waals surface area contributed by atoms with Crippen LogP contribution >= 0.6 is 0 Å². The Bertz CT molecular complexity index is 894. The molecule has 0 spiro atoms. The summed E-state index contributed by atoms with van der Waals surface area (Å²) in [6.45, 7) is 7.05. The van der Waals surface area contributed by atoms with Gasteiger partial charge in [0.15, 0.2) is 0 Å². The number of fused-ring (bicyclic) bond motifs is 1. The van der Waals surface area contributed by atoms with E-state index in [9.17, 15) is 4.79 Å². The summed E-state index contributed by atoms with van der Waals surface area (Å²) in [6, 6.07) is 14.4. The highest BCUT2D eigenvalue weighted by Gasteiger charge is 2.59. The smallest absolute Gasteiger partial charge is 0.226 e. The number of piperidine rings is 1. The quantitative estimate of drug-likeness (QED) is 0.822. The Labute approximate surface area is 178 Å². The summed E-state index contributed by atoms with van der Waals surface area (Å²) in [7, 11) is 2.13. The molecule has 5 rings (SSSR count). The summed E-state index contributed by atoms with van der Waals surface area (Å²) >= 11 is 0. The largest absolute Gasteiger partial charge is 0.384 e. The number of carbonyl (C=O) groups is 1. The van der Waals surface area contributed by atoms with Crippen molar-refractivity contribution >= 4 is 11.7 Å². The molecule has 1 amide bonds. The van der Waals surface area contributed by atoms with E-state index in [1.165, 1.54) is 5.56 Å². The maximum atomic E-state index is 12.8. The fourth-order valence-corrected chi connectivity index (χ4v) is 5.14. The summed E-state index contributed by atoms with van der Waals surface area (Å²) < 4.78 is 0. The molecule has 6 heteroatoms. The standard InChI is InChI=1S/C24H31N5O/c1-27-11-13-29(14-12-27)24(30)23-19-15-28(16-20(19)23)10-9-17-5-7-18(8-6-17)21-3-2-4-22(25)26-21/h2-8,19-20,23H,9-16H2,1H3,(H2,25,26). The van der Waals surface area contributed by atoms with E-state index >= 15 is 0 Å². The van der Waals surface area contributed by atoms with Crippen LogP contribution in [0.4, 0.5) is 5.82 Å². The minimum absolute atomic E-state index is 0.301. The van der Waals surface area contributed by atoms with Crippen molar-refractivity contribution in [1.82, 2.24) is 19.7 Å². The van der Waals surface area contributed by atoms with Crippen LogP contribution < -0.4 is 5.73 Å². The molecule has 30 heavy (non-hydrogen) atoms. The lowest BCUT2D eigenvalue weighted by molar-refractivity contribution is -0.135. The molecular formula is C24H31N5O. The number of carbonyl (C=O) groups excluding carboxylic acids is 1. The van der Waals surface area contributed by atoms with Crippen LogP contribution in [0.1, 0.15) is 5.56 Å². The normalized spacial score (nSPS) is 26.6. The number of nitrogen functional groups attached to an aromatic ring is 1. The van der Waals surface area contributed by atoms with Gasteiger partial charge in [0.25, 0.3) is 0 Å². The third-order valence-corrected chi connectivity index (χ3v) is 7.11. The van der Waals surface area contributed by atoms with Crippen LogP contribution in [0.2, 0.25) is 0 Å². The average Bonchev–Trinajstić information content (AvgIpc) is 3.26. The van der Waals surface area contributed by atoms with Gasteiger partial charge >= 0.3 is 0 Å². The van der Waals surface area contributed by atoms with E-state index in [1.54, 1.807) is 0 Å². The number of hydrogen-bond donors (Lipinski definition) is 1. The first-order chi connectivity index (χ1) is 14.6. The van der Waals surface area contributed by atoms with E-state index in [0.717, 1.165) is 63.5 Å². The van der Waals surface area contributed by atoms with E-state index in [1.807, 2.05) is 18.2 Å². The second kappa shape index (κ2) is 8.00. The second-order valence-corrected chi connectivity index (χ2v) is 9.14. The number of aromatic nitrogens is 1. The number of rotatable bonds is 5. The molecule has 2 atom stereocenters. The average molecular weight is 406 g/mol. The van der Waals surface area contributed by atoms with Gasteiger partial charge in [-0.15, -0.1) is 0 Å². The Hall–Kier alpha value is -2.44. The number of likely N-dealkylation sites (tertiary alicyclic amines) is 1. The molecule has 2 unspecified atom stereocenters.